The van der Waals surface area contributed by atoms with Gasteiger partial charge in [-0.05, 0) is 50.1 Å². The first kappa shape index (κ1) is 24.1. The summed E-state index contributed by atoms with van der Waals surface area (Å²) in [4.78, 5) is 27.3. The van der Waals surface area contributed by atoms with Crippen LogP contribution in [-0.4, -0.2) is 54.1 Å². The molecule has 2 aromatic carbocycles. The molecule has 1 fully saturated rings. The van der Waals surface area contributed by atoms with Gasteiger partial charge in [-0.15, -0.1) is 11.8 Å². The molecule has 3 rings (SSSR count). The first-order valence-corrected chi connectivity index (χ1v) is 11.7. The minimum absolute atomic E-state index is 0.0210. The van der Waals surface area contributed by atoms with Crippen LogP contribution in [0, 0.1) is 5.82 Å². The molecule has 8 heteroatoms. The van der Waals surface area contributed by atoms with E-state index in [0.29, 0.717) is 18.8 Å². The van der Waals surface area contributed by atoms with Gasteiger partial charge in [-0.1, -0.05) is 18.2 Å². The Morgan fingerprint density at radius 2 is 2.00 bits per heavy atom. The standard InChI is InChI=1S/C24H29FN2O4S/c1-17(32-16-23(28)26-20-11-9-19(25)10-12-20)24(29)27(15-21-7-5-13-31-21)14-18-6-3-4-8-22(18)30-2/h3-4,6,8-12,17,21H,5,7,13-16H2,1-2H3,(H,26,28). The van der Waals surface area contributed by atoms with E-state index in [-0.39, 0.29) is 29.5 Å². The summed E-state index contributed by atoms with van der Waals surface area (Å²) in [5, 5.41) is 2.31. The quantitative estimate of drug-likeness (QED) is 0.578. The lowest BCUT2D eigenvalue weighted by Crippen LogP contribution is -2.41. The van der Waals surface area contributed by atoms with E-state index in [1.165, 1.54) is 36.0 Å². The molecule has 0 aliphatic carbocycles. The van der Waals surface area contributed by atoms with Crippen LogP contribution in [0.5, 0.6) is 5.75 Å². The van der Waals surface area contributed by atoms with Crippen molar-refractivity contribution < 1.29 is 23.5 Å². The van der Waals surface area contributed by atoms with Crippen molar-refractivity contribution in [2.24, 2.45) is 0 Å². The highest BCUT2D eigenvalue weighted by Gasteiger charge is 2.27. The highest BCUT2D eigenvalue weighted by Crippen LogP contribution is 2.24. The van der Waals surface area contributed by atoms with Crippen molar-refractivity contribution in [2.45, 2.75) is 37.7 Å². The zero-order valence-electron chi connectivity index (χ0n) is 18.4. The molecule has 32 heavy (non-hydrogen) atoms. The Balaban J connectivity index is 1.60. The number of hydrogen-bond acceptors (Lipinski definition) is 5. The van der Waals surface area contributed by atoms with Crippen LogP contribution in [0.2, 0.25) is 0 Å². The highest BCUT2D eigenvalue weighted by atomic mass is 32.2. The molecule has 6 nitrogen and oxygen atoms in total. The van der Waals surface area contributed by atoms with Crippen LogP contribution in [-0.2, 0) is 20.9 Å². The number of benzene rings is 2. The Kier molecular flexibility index (Phi) is 8.93. The molecular weight excluding hydrogens is 431 g/mol. The molecule has 2 amide bonds. The number of nitrogens with zero attached hydrogens (tertiary/aromatic N) is 1. The Morgan fingerprint density at radius 3 is 2.69 bits per heavy atom. The lowest BCUT2D eigenvalue weighted by atomic mass is 10.1. The van der Waals surface area contributed by atoms with E-state index in [2.05, 4.69) is 5.32 Å². The topological polar surface area (TPSA) is 67.9 Å². The number of methoxy groups -OCH3 is 1. The van der Waals surface area contributed by atoms with Gasteiger partial charge < -0.3 is 19.7 Å². The van der Waals surface area contributed by atoms with E-state index < -0.39 is 5.25 Å². The molecule has 1 N–H and O–H groups in total. The molecule has 1 heterocycles. The van der Waals surface area contributed by atoms with Crippen LogP contribution in [0.25, 0.3) is 0 Å². The molecule has 2 aromatic rings. The van der Waals surface area contributed by atoms with E-state index in [9.17, 15) is 14.0 Å². The van der Waals surface area contributed by atoms with Gasteiger partial charge in [-0.2, -0.15) is 0 Å². The average Bonchev–Trinajstić information content (AvgIpc) is 3.31. The molecule has 1 saturated heterocycles. The van der Waals surface area contributed by atoms with Crippen molar-refractivity contribution in [3.63, 3.8) is 0 Å². The first-order chi connectivity index (χ1) is 15.5. The molecule has 0 aromatic heterocycles. The number of hydrogen-bond donors (Lipinski definition) is 1. The zero-order chi connectivity index (χ0) is 22.9. The molecule has 172 valence electrons. The SMILES string of the molecule is COc1ccccc1CN(CC1CCCO1)C(=O)C(C)SCC(=O)Nc1ccc(F)cc1. The summed E-state index contributed by atoms with van der Waals surface area (Å²) in [5.41, 5.74) is 1.44. The second-order valence-corrected chi connectivity index (χ2v) is 9.00. The molecule has 2 atom stereocenters. The number of para-hydroxylation sites is 1. The highest BCUT2D eigenvalue weighted by molar-refractivity contribution is 8.01. The monoisotopic (exact) mass is 460 g/mol. The Bertz CT molecular complexity index is 903. The summed E-state index contributed by atoms with van der Waals surface area (Å²) in [6, 6.07) is 13.2. The average molecular weight is 461 g/mol. The Morgan fingerprint density at radius 1 is 1.25 bits per heavy atom. The number of thioether (sulfide) groups is 1. The number of halogens is 1. The maximum atomic E-state index is 13.3. The van der Waals surface area contributed by atoms with Crippen LogP contribution in [0.15, 0.2) is 48.5 Å². The molecule has 1 aliphatic heterocycles. The molecule has 0 spiro atoms. The van der Waals surface area contributed by atoms with Gasteiger partial charge in [0.05, 0.1) is 24.2 Å². The summed E-state index contributed by atoms with van der Waals surface area (Å²) >= 11 is 1.27. The van der Waals surface area contributed by atoms with Gasteiger partial charge in [0.1, 0.15) is 11.6 Å². The Labute approximate surface area is 192 Å². The van der Waals surface area contributed by atoms with E-state index in [0.717, 1.165) is 30.8 Å². The van der Waals surface area contributed by atoms with Crippen molar-refractivity contribution >= 4 is 29.3 Å². The van der Waals surface area contributed by atoms with Crippen molar-refractivity contribution in [1.82, 2.24) is 4.90 Å². The summed E-state index contributed by atoms with van der Waals surface area (Å²) < 4.78 is 24.2. The third-order valence-electron chi connectivity index (χ3n) is 5.25. The molecule has 0 saturated carbocycles. The Hall–Kier alpha value is -2.58. The number of nitrogens with one attached hydrogen (secondary N) is 1. The molecule has 1 aliphatic rings. The lowest BCUT2D eigenvalue weighted by Gasteiger charge is -2.28. The fourth-order valence-corrected chi connectivity index (χ4v) is 4.33. The largest absolute Gasteiger partial charge is 0.496 e. The number of ether oxygens (including phenoxy) is 2. The summed E-state index contributed by atoms with van der Waals surface area (Å²) in [6.45, 7) is 3.44. The number of anilines is 1. The summed E-state index contributed by atoms with van der Waals surface area (Å²) in [5.74, 6) is 0.199. The minimum atomic E-state index is -0.412. The zero-order valence-corrected chi connectivity index (χ0v) is 19.2. The lowest BCUT2D eigenvalue weighted by molar-refractivity contribution is -0.132. The maximum Gasteiger partial charge on any atom is 0.235 e. The van der Waals surface area contributed by atoms with Crippen molar-refractivity contribution in [2.75, 3.05) is 31.3 Å². The minimum Gasteiger partial charge on any atom is -0.496 e. The predicted octanol–water partition coefficient (Wildman–Crippen LogP) is 4.10. The van der Waals surface area contributed by atoms with E-state index >= 15 is 0 Å². The number of carbonyl (C=O) groups excluding carboxylic acids is 2. The van der Waals surface area contributed by atoms with Gasteiger partial charge in [-0.25, -0.2) is 4.39 Å². The van der Waals surface area contributed by atoms with Gasteiger partial charge >= 0.3 is 0 Å². The van der Waals surface area contributed by atoms with Crippen LogP contribution in [0.4, 0.5) is 10.1 Å². The van der Waals surface area contributed by atoms with Gasteiger partial charge in [-0.3, -0.25) is 9.59 Å². The maximum absolute atomic E-state index is 13.3. The molecule has 2 unspecified atom stereocenters. The van der Waals surface area contributed by atoms with E-state index in [4.69, 9.17) is 9.47 Å². The summed E-state index contributed by atoms with van der Waals surface area (Å²) in [7, 11) is 1.61. The molecule has 0 bridgehead atoms. The van der Waals surface area contributed by atoms with Crippen molar-refractivity contribution in [3.05, 3.63) is 59.9 Å². The normalized spacial score (nSPS) is 16.4. The van der Waals surface area contributed by atoms with Crippen LogP contribution >= 0.6 is 11.8 Å². The van der Waals surface area contributed by atoms with Gasteiger partial charge in [0.25, 0.3) is 0 Å². The fourth-order valence-electron chi connectivity index (χ4n) is 3.57. The first-order valence-electron chi connectivity index (χ1n) is 10.7. The van der Waals surface area contributed by atoms with Gasteiger partial charge in [0.2, 0.25) is 11.8 Å². The van der Waals surface area contributed by atoms with E-state index in [1.807, 2.05) is 31.2 Å². The van der Waals surface area contributed by atoms with Crippen molar-refractivity contribution in [3.8, 4) is 5.75 Å². The number of amides is 2. The second kappa shape index (κ2) is 11.9. The number of rotatable bonds is 10. The fraction of sp³-hybridized carbons (Fsp3) is 0.417. The van der Waals surface area contributed by atoms with Crippen LogP contribution in [0.1, 0.15) is 25.3 Å². The van der Waals surface area contributed by atoms with Crippen LogP contribution < -0.4 is 10.1 Å². The third-order valence-corrected chi connectivity index (χ3v) is 6.38. The predicted molar refractivity (Wildman–Crippen MR) is 124 cm³/mol. The third kappa shape index (κ3) is 6.97. The van der Waals surface area contributed by atoms with Gasteiger partial charge in [0.15, 0.2) is 0 Å². The molecular formula is C24H29FN2O4S. The summed E-state index contributed by atoms with van der Waals surface area (Å²) in [6.07, 6.45) is 1.94. The number of carbonyl (C=O) groups is 2. The van der Waals surface area contributed by atoms with Crippen molar-refractivity contribution in [1.29, 1.82) is 0 Å². The smallest absolute Gasteiger partial charge is 0.235 e. The van der Waals surface area contributed by atoms with Gasteiger partial charge in [0, 0.05) is 30.9 Å². The van der Waals surface area contributed by atoms with E-state index in [1.54, 1.807) is 12.0 Å². The molecule has 0 radical (unpaired) electrons. The van der Waals surface area contributed by atoms with Crippen LogP contribution in [0.3, 0.4) is 0 Å². The second-order valence-electron chi connectivity index (χ2n) is 7.67.